The van der Waals surface area contributed by atoms with Gasteiger partial charge in [-0.05, 0) is 184 Å². The molecule has 12 aromatic heterocycles. The van der Waals surface area contributed by atoms with Crippen LogP contribution in [0.3, 0.4) is 0 Å². The van der Waals surface area contributed by atoms with Gasteiger partial charge in [0.2, 0.25) is 41.5 Å². The Hall–Kier alpha value is -20.8. The third kappa shape index (κ3) is 28.8. The van der Waals surface area contributed by atoms with Crippen molar-refractivity contribution < 1.29 is 52.5 Å². The first-order valence-electron chi connectivity index (χ1n) is 46.7. The molecule has 4 unspecified atom stereocenters. The number of nitrogens with one attached hydrogen (secondary N) is 9. The number of carbonyl (C=O) groups is 6. The number of carbonyl (C=O) groups excluding carboxylic acids is 6. The average molecular weight is 2000 g/mol. The van der Waals surface area contributed by atoms with E-state index in [1.54, 1.807) is 137 Å². The fraction of sp³-hybridized carbons (Fsp3) is 0.139. The highest BCUT2D eigenvalue weighted by atomic mass is 16.5. The Morgan fingerprint density at radius 2 is 1.01 bits per heavy atom. The molecule has 4 atom stereocenters. The first-order valence-corrected chi connectivity index (χ1v) is 46.7. The monoisotopic (exact) mass is 2000 g/mol. The highest BCUT2D eigenvalue weighted by molar-refractivity contribution is 6.19. The van der Waals surface area contributed by atoms with Crippen LogP contribution in [0.1, 0.15) is 101 Å². The minimum Gasteiger partial charge on any atom is -0.497 e. The zero-order valence-electron chi connectivity index (χ0n) is 81.0. The maximum atomic E-state index is 12.4. The van der Waals surface area contributed by atoms with Crippen LogP contribution >= 0.6 is 0 Å². The second-order valence-corrected chi connectivity index (χ2v) is 32.9. The summed E-state index contributed by atoms with van der Waals surface area (Å²) in [4.78, 5) is 120. The molecule has 746 valence electrons. The number of hydrogen-bond acceptors (Lipinski definition) is 32. The standard InChI is InChI=1S/C21H18N6O2.C19H16N4O2.C18H16N6O2.C17H14N6O2.C17H14N4O2.C16H15N5O/c1-14(15-7-3-2-4-8-15)29-18-11-10-16(13-23-18)20(28)25-21-24-19(26-27-21)17-9-5-6-12-22-17;1-13(25-19-8-3-2-6-14(19)12-20)18(24)11-15-10-17(23-22-15)16-7-4-5-9-21-16;1-26-13-5-6-15-12(10-13)7-9-24(15)11-16(25)20-18-21-17(22-23-18)14-4-2-3-8-19-14;1-11(25-13-6-4-5-12(9-13)10-18)16(24)21-17-20-15(22-23-17)14-7-2-3-8-19-14;22-17(15-9-11-5-1-2-7-14(11)23-15)19-16-10-13(20-21-16)12-6-3-4-8-18-12;1-11-5-7-12(8-6-11)10-14(22)18-16-19-15(20-21-16)13-4-2-3-9-17-13/h2-14H,1H3,(H2,24,25,26,27,28);2-9,13H,10-11H2,1H3;2-10H,11H2,1H3,(H2,20,21,22,23,25);2-9,11H,1H3,(H2,20,21,22,23,24);1-8,15H,9-10H2,(H,19,21,22);2-9H,10H2,1H3,(H2,18,19,20,21,22). The van der Waals surface area contributed by atoms with Crippen molar-refractivity contribution in [2.75, 3.05) is 28.4 Å². The Kier molecular flexibility index (Phi) is 34.5. The van der Waals surface area contributed by atoms with Gasteiger partial charge in [0.1, 0.15) is 70.3 Å². The van der Waals surface area contributed by atoms with E-state index < -0.39 is 24.2 Å². The molecule has 5 amide bonds. The van der Waals surface area contributed by atoms with E-state index in [9.17, 15) is 28.8 Å². The lowest BCUT2D eigenvalue weighted by Crippen LogP contribution is -2.40. The molecule has 0 saturated carbocycles. The van der Waals surface area contributed by atoms with Crippen molar-refractivity contribution in [3.8, 4) is 87.1 Å². The van der Waals surface area contributed by atoms with Gasteiger partial charge in [-0.15, -0.1) is 25.5 Å². The molecule has 0 fully saturated rings. The molecule has 42 heteroatoms. The van der Waals surface area contributed by atoms with Crippen molar-refractivity contribution in [1.29, 1.82) is 10.5 Å². The molecule has 42 nitrogen and oxygen atoms in total. The number of rotatable bonds is 28. The lowest BCUT2D eigenvalue weighted by Gasteiger charge is -2.14. The van der Waals surface area contributed by atoms with Gasteiger partial charge in [-0.25, -0.2) is 4.98 Å². The topological polar surface area (TPSA) is 567 Å². The first kappa shape index (κ1) is 102. The minimum atomic E-state index is -0.786. The van der Waals surface area contributed by atoms with Crippen molar-refractivity contribution in [3.63, 3.8) is 0 Å². The predicted molar refractivity (Wildman–Crippen MR) is 556 cm³/mol. The van der Waals surface area contributed by atoms with Gasteiger partial charge in [0.05, 0.1) is 77.7 Å². The van der Waals surface area contributed by atoms with Crippen molar-refractivity contribution in [1.82, 2.24) is 105 Å². The van der Waals surface area contributed by atoms with Crippen molar-refractivity contribution >= 4 is 93.0 Å². The smallest absolute Gasteiger partial charge is 0.267 e. The Bertz CT molecular complexity index is 7880. The number of ether oxygens (including phenoxy) is 5. The van der Waals surface area contributed by atoms with E-state index in [-0.39, 0.29) is 78.7 Å². The fourth-order valence-corrected chi connectivity index (χ4v) is 14.5. The zero-order chi connectivity index (χ0) is 104. The molecular weight excluding hydrogens is 1910 g/mol. The maximum Gasteiger partial charge on any atom is 0.267 e. The number of methoxy groups -OCH3 is 1. The fourth-order valence-electron chi connectivity index (χ4n) is 14.5. The number of aryl methyl sites for hydroxylation is 1. The van der Waals surface area contributed by atoms with Crippen LogP contribution in [0.5, 0.6) is 28.9 Å². The van der Waals surface area contributed by atoms with Gasteiger partial charge in [0.15, 0.2) is 47.4 Å². The Morgan fingerprint density at radius 3 is 1.57 bits per heavy atom. The summed E-state index contributed by atoms with van der Waals surface area (Å²) in [5.74, 6) is 4.59. The van der Waals surface area contributed by atoms with E-state index in [0.717, 1.165) is 67.5 Å². The lowest BCUT2D eigenvalue weighted by atomic mass is 10.0. The summed E-state index contributed by atoms with van der Waals surface area (Å²) in [6, 6.07) is 86.9. The molecule has 0 spiro atoms. The quantitative estimate of drug-likeness (QED) is 0.0220. The van der Waals surface area contributed by atoms with Gasteiger partial charge >= 0.3 is 0 Å². The van der Waals surface area contributed by atoms with E-state index in [1.165, 1.54) is 6.20 Å². The van der Waals surface area contributed by atoms with Crippen molar-refractivity contribution in [3.05, 3.63) is 373 Å². The molecule has 150 heavy (non-hydrogen) atoms. The highest BCUT2D eigenvalue weighted by Gasteiger charge is 2.32. The number of aromatic amines is 4. The number of H-pyrrole nitrogens is 4. The van der Waals surface area contributed by atoms with Gasteiger partial charge in [-0.1, -0.05) is 133 Å². The number of amides is 5. The lowest BCUT2D eigenvalue weighted by molar-refractivity contribution is -0.126. The third-order valence-electron chi connectivity index (χ3n) is 22.1. The Labute approximate surface area is 856 Å². The molecule has 9 N–H and O–H groups in total. The number of aromatic nitrogens is 20. The molecule has 0 saturated heterocycles. The third-order valence-corrected chi connectivity index (χ3v) is 22.1. The summed E-state index contributed by atoms with van der Waals surface area (Å²) in [5, 5.41) is 75.6. The van der Waals surface area contributed by atoms with Crippen molar-refractivity contribution in [2.45, 2.75) is 90.8 Å². The van der Waals surface area contributed by atoms with Crippen LogP contribution in [0.2, 0.25) is 0 Å². The van der Waals surface area contributed by atoms with Crippen LogP contribution < -0.4 is 50.3 Å². The largest absolute Gasteiger partial charge is 0.497 e. The number of nitrogens with zero attached hydrogens (tertiary/aromatic N) is 22. The zero-order valence-corrected chi connectivity index (χ0v) is 81.0. The number of fused-ring (bicyclic) bond motifs is 2. The molecule has 3 aliphatic rings. The summed E-state index contributed by atoms with van der Waals surface area (Å²) < 4.78 is 29.8. The summed E-state index contributed by atoms with van der Waals surface area (Å²) in [6.45, 7) is 7.38. The van der Waals surface area contributed by atoms with E-state index in [2.05, 4.69) is 149 Å². The SMILES string of the molecule is CC(Oc1ccc(C(=O)Nc2n[nH]c(-c3ccccn3)n2)cn1)c1ccccc1.CC(Oc1cccc(C#N)c1)C(=O)Nc1n[nH]c(-c2ccccn2)n1.CC(Oc1ccccc1C#N)C(=O)CC1=NN=C(c2ccccn2)C1.COc1ccc2c(ccn2CC(=O)Nc2n[nH]c(-c3ccccn3)n2)c1.Cc1ccc(CC(=O)Nc2n[nH]c(-c3ccccn3)n2)cc1.O=C(NC1=NN=C(c2ccccn2)C1)C1Cc2ccccc2O1. The number of benzene rings is 6. The molecule has 3 aliphatic heterocycles. The molecule has 0 radical (unpaired) electrons. The van der Waals surface area contributed by atoms with E-state index >= 15 is 0 Å². The van der Waals surface area contributed by atoms with Gasteiger partial charge in [-0.2, -0.15) is 45.8 Å². The predicted octanol–water partition coefficient (Wildman–Crippen LogP) is 15.3. The number of para-hydroxylation sites is 2. The summed E-state index contributed by atoms with van der Waals surface area (Å²) in [5.41, 5.74) is 12.7. The molecular formula is C108H93N31O11. The van der Waals surface area contributed by atoms with Crippen LogP contribution in [-0.2, 0) is 43.4 Å². The number of pyridine rings is 7. The second-order valence-electron chi connectivity index (χ2n) is 32.9. The van der Waals surface area contributed by atoms with Gasteiger partial charge in [-0.3, -0.25) is 100 Å². The average Bonchev–Trinajstić information content (AvgIpc) is 1.68. The molecule has 0 aliphatic carbocycles. The minimum absolute atomic E-state index is 0.107. The van der Waals surface area contributed by atoms with Crippen LogP contribution in [0.25, 0.3) is 57.0 Å². The highest BCUT2D eigenvalue weighted by Crippen LogP contribution is 2.31. The molecule has 15 heterocycles. The van der Waals surface area contributed by atoms with Gasteiger partial charge in [0, 0.05) is 79.4 Å². The number of hydrogen-bond donors (Lipinski definition) is 9. The van der Waals surface area contributed by atoms with Crippen LogP contribution in [-0.4, -0.2) is 184 Å². The Morgan fingerprint density at radius 1 is 0.467 bits per heavy atom. The number of Topliss-reactive ketones (excluding diaryl/α,β-unsaturated/α-hetero) is 1. The molecule has 18 aromatic rings. The Balaban J connectivity index is 0.000000128. The van der Waals surface area contributed by atoms with E-state index in [4.69, 9.17) is 34.2 Å². The number of anilines is 4. The maximum absolute atomic E-state index is 12.4. The van der Waals surface area contributed by atoms with Gasteiger partial charge in [0.25, 0.3) is 17.7 Å². The first-order chi connectivity index (χ1) is 73.2. The van der Waals surface area contributed by atoms with Crippen LogP contribution in [0.4, 0.5) is 23.8 Å². The summed E-state index contributed by atoms with van der Waals surface area (Å²) in [6.07, 6.45) is 13.2. The van der Waals surface area contributed by atoms with E-state index in [1.807, 2.05) is 225 Å². The van der Waals surface area contributed by atoms with Crippen LogP contribution in [0.15, 0.2) is 343 Å². The normalized spacial score (nSPS) is 12.8. The number of amidine groups is 1. The second kappa shape index (κ2) is 50.7. The van der Waals surface area contributed by atoms with Crippen LogP contribution in [0, 0.1) is 29.6 Å². The summed E-state index contributed by atoms with van der Waals surface area (Å²) in [7, 11) is 1.63. The van der Waals surface area contributed by atoms with E-state index in [0.29, 0.717) is 111 Å². The summed E-state index contributed by atoms with van der Waals surface area (Å²) >= 11 is 0. The van der Waals surface area contributed by atoms with Gasteiger partial charge < -0.3 is 33.6 Å². The molecule has 21 rings (SSSR count). The number of nitriles is 2. The molecule has 6 aromatic carbocycles. The molecule has 0 bridgehead atoms. The van der Waals surface area contributed by atoms with Crippen molar-refractivity contribution in [2.24, 2.45) is 20.4 Å². The number of ketones is 1.